The van der Waals surface area contributed by atoms with Gasteiger partial charge in [0.15, 0.2) is 11.5 Å². The van der Waals surface area contributed by atoms with Crippen molar-refractivity contribution in [3.63, 3.8) is 0 Å². The molecule has 0 radical (unpaired) electrons. The third kappa shape index (κ3) is 2.79. The van der Waals surface area contributed by atoms with E-state index in [1.807, 2.05) is 32.9 Å². The average Bonchev–Trinajstić information content (AvgIpc) is 2.98. The number of furan rings is 1. The first-order valence-electron chi connectivity index (χ1n) is 8.06. The van der Waals surface area contributed by atoms with Crippen LogP contribution in [-0.2, 0) is 4.74 Å². The number of hydrogen-bond donors (Lipinski definition) is 2. The molecule has 6 nitrogen and oxygen atoms in total. The number of nitrogens with one attached hydrogen (secondary N) is 1. The Labute approximate surface area is 150 Å². The molecule has 0 saturated heterocycles. The Bertz CT molecular complexity index is 1030. The lowest BCUT2D eigenvalue weighted by Gasteiger charge is -2.09. The molecule has 0 atom stereocenters. The fourth-order valence-electron chi connectivity index (χ4n) is 2.99. The van der Waals surface area contributed by atoms with E-state index in [1.54, 1.807) is 6.07 Å². The number of benzene rings is 2. The number of amides is 1. The third-order valence-electron chi connectivity index (χ3n) is 4.38. The predicted octanol–water partition coefficient (Wildman–Crippen LogP) is 4.10. The van der Waals surface area contributed by atoms with Gasteiger partial charge in [0.2, 0.25) is 0 Å². The molecule has 0 fully saturated rings. The SMILES string of the molecule is COC(=O)c1cccc(NC(=O)c2oc3c(C)ccc(C)c3c2C)c1O. The Hall–Kier alpha value is -3.28. The van der Waals surface area contributed by atoms with Crippen molar-refractivity contribution < 1.29 is 23.8 Å². The number of hydrogen-bond acceptors (Lipinski definition) is 5. The molecular formula is C20H19NO5. The van der Waals surface area contributed by atoms with Crippen molar-refractivity contribution in [2.75, 3.05) is 12.4 Å². The number of para-hydroxylation sites is 1. The van der Waals surface area contributed by atoms with Crippen molar-refractivity contribution in [2.24, 2.45) is 0 Å². The highest BCUT2D eigenvalue weighted by atomic mass is 16.5. The van der Waals surface area contributed by atoms with Crippen molar-refractivity contribution in [3.8, 4) is 5.75 Å². The number of methoxy groups -OCH3 is 1. The molecule has 6 heteroatoms. The van der Waals surface area contributed by atoms with E-state index in [4.69, 9.17) is 4.42 Å². The number of esters is 1. The summed E-state index contributed by atoms with van der Waals surface area (Å²) in [5.74, 6) is -1.38. The van der Waals surface area contributed by atoms with Gasteiger partial charge < -0.3 is 19.6 Å². The van der Waals surface area contributed by atoms with Crippen LogP contribution in [0.2, 0.25) is 0 Å². The molecule has 0 spiro atoms. The van der Waals surface area contributed by atoms with Gasteiger partial charge in [0.25, 0.3) is 5.91 Å². The summed E-state index contributed by atoms with van der Waals surface area (Å²) in [6, 6.07) is 8.37. The zero-order valence-electron chi connectivity index (χ0n) is 15.0. The minimum atomic E-state index is -0.690. The first-order valence-corrected chi connectivity index (χ1v) is 8.06. The van der Waals surface area contributed by atoms with E-state index >= 15 is 0 Å². The molecule has 0 unspecified atom stereocenters. The topological polar surface area (TPSA) is 88.8 Å². The summed E-state index contributed by atoms with van der Waals surface area (Å²) in [5, 5.41) is 13.7. The van der Waals surface area contributed by atoms with Gasteiger partial charge in [0, 0.05) is 10.9 Å². The van der Waals surface area contributed by atoms with Crippen LogP contribution in [0.15, 0.2) is 34.7 Å². The number of carbonyl (C=O) groups excluding carboxylic acids is 2. The number of rotatable bonds is 3. The van der Waals surface area contributed by atoms with Crippen LogP contribution in [0.1, 0.15) is 37.6 Å². The van der Waals surface area contributed by atoms with Gasteiger partial charge in [0.1, 0.15) is 11.1 Å². The van der Waals surface area contributed by atoms with Crippen LogP contribution >= 0.6 is 0 Å². The van der Waals surface area contributed by atoms with Crippen molar-refractivity contribution in [3.05, 3.63) is 58.3 Å². The molecule has 2 N–H and O–H groups in total. The number of fused-ring (bicyclic) bond motifs is 1. The number of phenolic OH excluding ortho intramolecular Hbond substituents is 1. The number of aryl methyl sites for hydroxylation is 3. The molecule has 0 bridgehead atoms. The minimum Gasteiger partial charge on any atom is -0.505 e. The predicted molar refractivity (Wildman–Crippen MR) is 97.8 cm³/mol. The number of aromatic hydroxyl groups is 1. The molecular weight excluding hydrogens is 334 g/mol. The first-order chi connectivity index (χ1) is 12.3. The number of anilines is 1. The maximum Gasteiger partial charge on any atom is 0.341 e. The lowest BCUT2D eigenvalue weighted by atomic mass is 10.0. The standard InChI is InChI=1S/C20H19NO5/c1-10-8-9-11(2)17-15(10)12(3)18(26-17)19(23)21-14-7-5-6-13(16(14)22)20(24)25-4/h5-9,22H,1-4H3,(H,21,23). The van der Waals surface area contributed by atoms with Crippen LogP contribution in [0, 0.1) is 20.8 Å². The van der Waals surface area contributed by atoms with Gasteiger partial charge in [-0.3, -0.25) is 4.79 Å². The quantitative estimate of drug-likeness (QED) is 0.546. The molecule has 0 aliphatic rings. The summed E-state index contributed by atoms with van der Waals surface area (Å²) in [6.07, 6.45) is 0. The van der Waals surface area contributed by atoms with E-state index in [0.717, 1.165) is 22.1 Å². The summed E-state index contributed by atoms with van der Waals surface area (Å²) >= 11 is 0. The largest absolute Gasteiger partial charge is 0.505 e. The molecule has 1 heterocycles. The zero-order chi connectivity index (χ0) is 19.0. The van der Waals surface area contributed by atoms with Crippen LogP contribution in [0.3, 0.4) is 0 Å². The second-order valence-electron chi connectivity index (χ2n) is 6.11. The summed E-state index contributed by atoms with van der Waals surface area (Å²) in [5.41, 5.74) is 3.41. The summed E-state index contributed by atoms with van der Waals surface area (Å²) in [6.45, 7) is 5.69. The molecule has 134 valence electrons. The van der Waals surface area contributed by atoms with Crippen LogP contribution < -0.4 is 5.32 Å². The monoisotopic (exact) mass is 353 g/mol. The Morgan fingerprint density at radius 3 is 2.42 bits per heavy atom. The van der Waals surface area contributed by atoms with Crippen molar-refractivity contribution in [1.82, 2.24) is 0 Å². The Kier molecular flexibility index (Phi) is 4.42. The van der Waals surface area contributed by atoms with Crippen molar-refractivity contribution >= 4 is 28.5 Å². The highest BCUT2D eigenvalue weighted by Gasteiger charge is 2.22. The Morgan fingerprint density at radius 2 is 1.77 bits per heavy atom. The molecule has 1 aromatic heterocycles. The number of ether oxygens (including phenoxy) is 1. The number of carbonyl (C=O) groups is 2. The van der Waals surface area contributed by atoms with E-state index in [2.05, 4.69) is 10.1 Å². The zero-order valence-corrected chi connectivity index (χ0v) is 15.0. The van der Waals surface area contributed by atoms with E-state index in [9.17, 15) is 14.7 Å². The summed E-state index contributed by atoms with van der Waals surface area (Å²) in [4.78, 5) is 24.4. The normalized spacial score (nSPS) is 10.8. The molecule has 3 aromatic rings. The third-order valence-corrected chi connectivity index (χ3v) is 4.38. The minimum absolute atomic E-state index is 0.0293. The second-order valence-corrected chi connectivity index (χ2v) is 6.11. The van der Waals surface area contributed by atoms with E-state index in [0.29, 0.717) is 5.58 Å². The van der Waals surface area contributed by atoms with Crippen LogP contribution in [-0.4, -0.2) is 24.1 Å². The molecule has 0 saturated carbocycles. The maximum absolute atomic E-state index is 12.7. The lowest BCUT2D eigenvalue weighted by molar-refractivity contribution is 0.0597. The molecule has 0 aliphatic heterocycles. The second kappa shape index (κ2) is 6.55. The van der Waals surface area contributed by atoms with Crippen molar-refractivity contribution in [1.29, 1.82) is 0 Å². The van der Waals surface area contributed by atoms with Crippen LogP contribution in [0.4, 0.5) is 5.69 Å². The van der Waals surface area contributed by atoms with Gasteiger partial charge in [-0.2, -0.15) is 0 Å². The highest BCUT2D eigenvalue weighted by molar-refractivity contribution is 6.08. The average molecular weight is 353 g/mol. The Morgan fingerprint density at radius 1 is 1.08 bits per heavy atom. The highest BCUT2D eigenvalue weighted by Crippen LogP contribution is 2.32. The molecule has 1 amide bonds. The van der Waals surface area contributed by atoms with Gasteiger partial charge in [-0.05, 0) is 44.0 Å². The Balaban J connectivity index is 2.01. The fraction of sp³-hybridized carbons (Fsp3) is 0.200. The van der Waals surface area contributed by atoms with Gasteiger partial charge in [-0.15, -0.1) is 0 Å². The van der Waals surface area contributed by atoms with Gasteiger partial charge in [0.05, 0.1) is 12.8 Å². The van der Waals surface area contributed by atoms with Gasteiger partial charge in [-0.1, -0.05) is 18.2 Å². The van der Waals surface area contributed by atoms with Crippen molar-refractivity contribution in [2.45, 2.75) is 20.8 Å². The summed E-state index contributed by atoms with van der Waals surface area (Å²) < 4.78 is 10.4. The van der Waals surface area contributed by atoms with Crippen LogP contribution in [0.25, 0.3) is 11.0 Å². The van der Waals surface area contributed by atoms with Crippen LogP contribution in [0.5, 0.6) is 5.75 Å². The smallest absolute Gasteiger partial charge is 0.341 e. The molecule has 0 aliphatic carbocycles. The lowest BCUT2D eigenvalue weighted by Crippen LogP contribution is -2.13. The van der Waals surface area contributed by atoms with E-state index < -0.39 is 11.9 Å². The molecule has 3 rings (SSSR count). The maximum atomic E-state index is 12.7. The number of phenols is 1. The van der Waals surface area contributed by atoms with Gasteiger partial charge >= 0.3 is 5.97 Å². The van der Waals surface area contributed by atoms with Gasteiger partial charge in [-0.25, -0.2) is 4.79 Å². The van der Waals surface area contributed by atoms with E-state index in [1.165, 1.54) is 19.2 Å². The van der Waals surface area contributed by atoms with E-state index in [-0.39, 0.29) is 22.8 Å². The first kappa shape index (κ1) is 17.5. The fourth-order valence-corrected chi connectivity index (χ4v) is 2.99. The molecule has 26 heavy (non-hydrogen) atoms. The molecule has 2 aromatic carbocycles. The summed E-state index contributed by atoms with van der Waals surface area (Å²) in [7, 11) is 1.22.